The lowest BCUT2D eigenvalue weighted by Gasteiger charge is -2.03. The summed E-state index contributed by atoms with van der Waals surface area (Å²) < 4.78 is 0. The molecule has 0 saturated carbocycles. The van der Waals surface area contributed by atoms with Gasteiger partial charge >= 0.3 is 11.2 Å². The Balaban J connectivity index is 3.71. The van der Waals surface area contributed by atoms with Gasteiger partial charge in [0.05, 0.1) is 10.6 Å². The quantitative estimate of drug-likeness (QED) is 0.600. The predicted octanol–water partition coefficient (Wildman–Crippen LogP) is 1.66. The maximum Gasteiger partial charge on any atom is 0.375 e. The lowest BCUT2D eigenvalue weighted by molar-refractivity contribution is -0.387. The normalized spacial score (nSPS) is 10.6. The van der Waals surface area contributed by atoms with E-state index in [4.69, 9.17) is 0 Å². The molecule has 84 valence electrons. The average molecular weight is 222 g/mol. The molecule has 0 unspecified atom stereocenters. The molecule has 0 atom stereocenters. The second-order valence-corrected chi connectivity index (χ2v) is 2.94. The van der Waals surface area contributed by atoms with Crippen molar-refractivity contribution in [1.82, 2.24) is 4.98 Å². The van der Waals surface area contributed by atoms with Gasteiger partial charge in [0.2, 0.25) is 5.75 Å². The van der Waals surface area contributed by atoms with Crippen LogP contribution in [-0.2, 0) is 0 Å². The first-order chi connectivity index (χ1) is 7.52. The Kier molecular flexibility index (Phi) is 3.24. The Labute approximate surface area is 90.7 Å². The number of aromatic nitrogens is 1. The Hall–Kier alpha value is -2.37. The van der Waals surface area contributed by atoms with Gasteiger partial charge in [0, 0.05) is 5.56 Å². The Morgan fingerprint density at radius 1 is 1.56 bits per heavy atom. The summed E-state index contributed by atoms with van der Waals surface area (Å²) in [5.74, 6) is -0.651. The van der Waals surface area contributed by atoms with E-state index in [-0.39, 0.29) is 11.3 Å². The van der Waals surface area contributed by atoms with Crippen LogP contribution in [0, 0.1) is 10.1 Å². The largest absolute Gasteiger partial charge is 0.501 e. The topological polar surface area (TPSA) is 96.2 Å². The summed E-state index contributed by atoms with van der Waals surface area (Å²) in [6.07, 6.45) is 4.35. The predicted molar refractivity (Wildman–Crippen MR) is 60.2 cm³/mol. The van der Waals surface area contributed by atoms with Crippen molar-refractivity contribution >= 4 is 17.8 Å². The fraction of sp³-hybridized carbons (Fsp3) is 0.100. The van der Waals surface area contributed by atoms with E-state index in [2.05, 4.69) is 11.6 Å². The van der Waals surface area contributed by atoms with Crippen molar-refractivity contribution in [3.05, 3.63) is 44.4 Å². The third-order valence-electron chi connectivity index (χ3n) is 1.95. The van der Waals surface area contributed by atoms with Crippen LogP contribution in [0.2, 0.25) is 0 Å². The number of H-pyrrole nitrogens is 1. The van der Waals surface area contributed by atoms with Crippen molar-refractivity contribution < 1.29 is 10.0 Å². The lowest BCUT2D eigenvalue weighted by Crippen LogP contribution is -2.14. The van der Waals surface area contributed by atoms with E-state index in [0.29, 0.717) is 0 Å². The van der Waals surface area contributed by atoms with Crippen LogP contribution in [0.15, 0.2) is 17.4 Å². The molecule has 6 heteroatoms. The third kappa shape index (κ3) is 1.85. The number of aromatic hydroxyl groups is 1. The van der Waals surface area contributed by atoms with Gasteiger partial charge in [-0.05, 0) is 13.0 Å². The highest BCUT2D eigenvalue weighted by atomic mass is 16.6. The monoisotopic (exact) mass is 222 g/mol. The maximum absolute atomic E-state index is 11.3. The Morgan fingerprint density at radius 3 is 2.62 bits per heavy atom. The highest BCUT2D eigenvalue weighted by Gasteiger charge is 2.23. The lowest BCUT2D eigenvalue weighted by atomic mass is 10.1. The molecule has 0 amide bonds. The van der Waals surface area contributed by atoms with Gasteiger partial charge < -0.3 is 10.1 Å². The minimum atomic E-state index is -0.953. The van der Waals surface area contributed by atoms with E-state index in [1.165, 1.54) is 12.2 Å². The smallest absolute Gasteiger partial charge is 0.375 e. The number of allylic oxidation sites excluding steroid dienone is 1. The van der Waals surface area contributed by atoms with Gasteiger partial charge in [-0.15, -0.1) is 0 Å². The molecule has 1 aromatic rings. The number of nitrogens with one attached hydrogen (secondary N) is 1. The van der Waals surface area contributed by atoms with Crippen LogP contribution >= 0.6 is 0 Å². The zero-order chi connectivity index (χ0) is 12.3. The van der Waals surface area contributed by atoms with Crippen LogP contribution in [0.5, 0.6) is 5.75 Å². The van der Waals surface area contributed by atoms with Gasteiger partial charge in [-0.1, -0.05) is 18.7 Å². The molecule has 0 aliphatic carbocycles. The third-order valence-corrected chi connectivity index (χ3v) is 1.95. The zero-order valence-electron chi connectivity index (χ0n) is 8.56. The highest BCUT2D eigenvalue weighted by Crippen LogP contribution is 2.29. The van der Waals surface area contributed by atoms with Gasteiger partial charge in [0.1, 0.15) is 0 Å². The molecule has 0 aromatic carbocycles. The zero-order valence-corrected chi connectivity index (χ0v) is 8.56. The Morgan fingerprint density at radius 2 is 2.19 bits per heavy atom. The van der Waals surface area contributed by atoms with Gasteiger partial charge in [0.15, 0.2) is 0 Å². The number of hydrogen-bond acceptors (Lipinski definition) is 4. The number of nitrogens with zero attached hydrogens (tertiary/aromatic N) is 1. The molecule has 6 nitrogen and oxygen atoms in total. The first-order valence-electron chi connectivity index (χ1n) is 4.41. The SMILES string of the molecule is C=Cc1[nH]c(=O)c([N+](=O)[O-])c(O)c1/C=C\C. The molecule has 0 aliphatic heterocycles. The summed E-state index contributed by atoms with van der Waals surface area (Å²) in [4.78, 5) is 23.2. The molecule has 0 saturated heterocycles. The van der Waals surface area contributed by atoms with Gasteiger partial charge in [-0.25, -0.2) is 0 Å². The molecular formula is C10H10N2O4. The Bertz CT molecular complexity index is 528. The molecule has 0 bridgehead atoms. The first-order valence-corrected chi connectivity index (χ1v) is 4.41. The molecule has 1 heterocycles. The maximum atomic E-state index is 11.3. The number of pyridine rings is 1. The van der Waals surface area contributed by atoms with Crippen molar-refractivity contribution in [2.75, 3.05) is 0 Å². The van der Waals surface area contributed by atoms with Crippen LogP contribution in [0.1, 0.15) is 18.2 Å². The first kappa shape index (κ1) is 11.7. The average Bonchev–Trinajstić information content (AvgIpc) is 2.21. The van der Waals surface area contributed by atoms with E-state index < -0.39 is 21.9 Å². The van der Waals surface area contributed by atoms with E-state index in [0.717, 1.165) is 0 Å². The molecule has 0 spiro atoms. The summed E-state index contributed by atoms with van der Waals surface area (Å²) in [5.41, 5.74) is -1.40. The molecule has 0 radical (unpaired) electrons. The molecule has 1 rings (SSSR count). The summed E-state index contributed by atoms with van der Waals surface area (Å²) >= 11 is 0. The fourth-order valence-electron chi connectivity index (χ4n) is 1.28. The molecule has 2 N–H and O–H groups in total. The van der Waals surface area contributed by atoms with Crippen LogP contribution in [0.3, 0.4) is 0 Å². The van der Waals surface area contributed by atoms with Gasteiger partial charge in [-0.3, -0.25) is 14.9 Å². The molecule has 0 aliphatic rings. The van der Waals surface area contributed by atoms with E-state index in [9.17, 15) is 20.0 Å². The van der Waals surface area contributed by atoms with Crippen molar-refractivity contribution in [3.63, 3.8) is 0 Å². The minimum absolute atomic E-state index is 0.170. The van der Waals surface area contributed by atoms with Crippen molar-refractivity contribution in [3.8, 4) is 5.75 Å². The summed E-state index contributed by atoms with van der Waals surface area (Å²) in [5, 5.41) is 20.2. The molecule has 0 fully saturated rings. The van der Waals surface area contributed by atoms with E-state index in [1.54, 1.807) is 13.0 Å². The molecule has 16 heavy (non-hydrogen) atoms. The van der Waals surface area contributed by atoms with Crippen molar-refractivity contribution in [2.45, 2.75) is 6.92 Å². The summed E-state index contributed by atoms with van der Waals surface area (Å²) in [7, 11) is 0. The standard InChI is InChI=1S/C10H10N2O4/c1-3-5-6-7(4-2)11-10(14)8(9(6)13)12(15)16/h3-5H,2H2,1H3,(H2,11,13,14)/b5-3-. The van der Waals surface area contributed by atoms with Crippen LogP contribution in [0.4, 0.5) is 5.69 Å². The van der Waals surface area contributed by atoms with Gasteiger partial charge in [-0.2, -0.15) is 0 Å². The summed E-state index contributed by atoms with van der Waals surface area (Å²) in [6, 6.07) is 0. The second kappa shape index (κ2) is 4.43. The summed E-state index contributed by atoms with van der Waals surface area (Å²) in [6.45, 7) is 5.13. The van der Waals surface area contributed by atoms with Crippen LogP contribution < -0.4 is 5.56 Å². The minimum Gasteiger partial charge on any atom is -0.501 e. The number of nitro groups is 1. The van der Waals surface area contributed by atoms with Crippen LogP contribution in [0.25, 0.3) is 12.2 Å². The van der Waals surface area contributed by atoms with E-state index >= 15 is 0 Å². The van der Waals surface area contributed by atoms with E-state index in [1.807, 2.05) is 0 Å². The molecular weight excluding hydrogens is 212 g/mol. The van der Waals surface area contributed by atoms with Crippen LogP contribution in [-0.4, -0.2) is 15.0 Å². The van der Waals surface area contributed by atoms with Crippen molar-refractivity contribution in [1.29, 1.82) is 0 Å². The second-order valence-electron chi connectivity index (χ2n) is 2.94. The number of hydrogen-bond donors (Lipinski definition) is 2. The highest BCUT2D eigenvalue weighted by molar-refractivity contribution is 5.70. The molecule has 1 aromatic heterocycles. The van der Waals surface area contributed by atoms with Crippen molar-refractivity contribution in [2.24, 2.45) is 0 Å². The van der Waals surface area contributed by atoms with Gasteiger partial charge in [0.25, 0.3) is 0 Å². The fourth-order valence-corrected chi connectivity index (χ4v) is 1.28. The number of aromatic amines is 1. The number of rotatable bonds is 3.